The molecule has 1 heterocycles. The zero-order valence-corrected chi connectivity index (χ0v) is 9.67. The smallest absolute Gasteiger partial charge is 0.143 e. The minimum absolute atomic E-state index is 0.190. The van der Waals surface area contributed by atoms with Crippen LogP contribution in [0.4, 0.5) is 5.69 Å². The van der Waals surface area contributed by atoms with Gasteiger partial charge in [-0.05, 0) is 19.1 Å². The molecule has 82 valence electrons. The Balaban J connectivity index is 2.35. The summed E-state index contributed by atoms with van der Waals surface area (Å²) >= 11 is 1.70. The van der Waals surface area contributed by atoms with Crippen LogP contribution in [0.1, 0.15) is 6.92 Å². The van der Waals surface area contributed by atoms with E-state index in [9.17, 15) is 5.11 Å². The fourth-order valence-corrected chi connectivity index (χ4v) is 2.81. The van der Waals surface area contributed by atoms with Crippen LogP contribution in [0.15, 0.2) is 23.1 Å². The summed E-state index contributed by atoms with van der Waals surface area (Å²) in [5.41, 5.74) is 1.04. The SMILES string of the molecule is COc1cccc2c1NC(C)C(CO)S2. The highest BCUT2D eigenvalue weighted by Crippen LogP contribution is 2.42. The number of methoxy groups -OCH3 is 1. The van der Waals surface area contributed by atoms with E-state index >= 15 is 0 Å². The second kappa shape index (κ2) is 4.33. The number of benzene rings is 1. The highest BCUT2D eigenvalue weighted by atomic mass is 32.2. The Hall–Kier alpha value is -0.870. The average molecular weight is 225 g/mol. The van der Waals surface area contributed by atoms with Crippen molar-refractivity contribution in [2.24, 2.45) is 0 Å². The monoisotopic (exact) mass is 225 g/mol. The summed E-state index contributed by atoms with van der Waals surface area (Å²) in [5.74, 6) is 0.864. The van der Waals surface area contributed by atoms with Gasteiger partial charge in [0.2, 0.25) is 0 Å². The maximum absolute atomic E-state index is 9.22. The van der Waals surface area contributed by atoms with Crippen molar-refractivity contribution >= 4 is 17.4 Å². The first-order chi connectivity index (χ1) is 7.26. The van der Waals surface area contributed by atoms with Crippen molar-refractivity contribution in [3.63, 3.8) is 0 Å². The zero-order valence-electron chi connectivity index (χ0n) is 8.86. The van der Waals surface area contributed by atoms with Gasteiger partial charge in [-0.25, -0.2) is 0 Å². The molecule has 3 nitrogen and oxygen atoms in total. The van der Waals surface area contributed by atoms with Crippen LogP contribution in [-0.4, -0.2) is 30.1 Å². The van der Waals surface area contributed by atoms with Gasteiger partial charge < -0.3 is 15.2 Å². The highest BCUT2D eigenvalue weighted by Gasteiger charge is 2.26. The number of nitrogens with one attached hydrogen (secondary N) is 1. The maximum Gasteiger partial charge on any atom is 0.143 e. The molecule has 2 unspecified atom stereocenters. The van der Waals surface area contributed by atoms with Gasteiger partial charge in [-0.15, -0.1) is 11.8 Å². The number of hydrogen-bond donors (Lipinski definition) is 2. The van der Waals surface area contributed by atoms with E-state index in [2.05, 4.69) is 12.2 Å². The van der Waals surface area contributed by atoms with Gasteiger partial charge in [-0.3, -0.25) is 0 Å². The molecule has 0 amide bonds. The largest absolute Gasteiger partial charge is 0.495 e. The highest BCUT2D eigenvalue weighted by molar-refractivity contribution is 8.00. The van der Waals surface area contributed by atoms with Crippen LogP contribution in [0.2, 0.25) is 0 Å². The second-order valence-electron chi connectivity index (χ2n) is 3.61. The molecule has 0 spiro atoms. The number of thioether (sulfide) groups is 1. The lowest BCUT2D eigenvalue weighted by Gasteiger charge is -2.31. The molecule has 1 aliphatic rings. The predicted octanol–water partition coefficient (Wildman–Crippen LogP) is 1.96. The van der Waals surface area contributed by atoms with E-state index in [0.717, 1.165) is 16.3 Å². The molecule has 1 aromatic carbocycles. The minimum atomic E-state index is 0.190. The van der Waals surface area contributed by atoms with Crippen molar-refractivity contribution in [2.45, 2.75) is 23.1 Å². The van der Waals surface area contributed by atoms with E-state index < -0.39 is 0 Å². The molecule has 0 bridgehead atoms. The van der Waals surface area contributed by atoms with E-state index in [1.807, 2.05) is 18.2 Å². The molecule has 0 fully saturated rings. The summed E-state index contributed by atoms with van der Waals surface area (Å²) in [7, 11) is 1.67. The Labute approximate surface area is 93.8 Å². The van der Waals surface area contributed by atoms with Crippen LogP contribution in [0.5, 0.6) is 5.75 Å². The lowest BCUT2D eigenvalue weighted by molar-refractivity contribution is 0.287. The number of hydrogen-bond acceptors (Lipinski definition) is 4. The van der Waals surface area contributed by atoms with Crippen LogP contribution < -0.4 is 10.1 Å². The number of ether oxygens (including phenoxy) is 1. The molecular weight excluding hydrogens is 210 g/mol. The number of aliphatic hydroxyl groups is 1. The number of rotatable bonds is 2. The first-order valence-electron chi connectivity index (χ1n) is 4.97. The minimum Gasteiger partial charge on any atom is -0.495 e. The molecule has 0 aromatic heterocycles. The molecule has 1 aliphatic heterocycles. The lowest BCUT2D eigenvalue weighted by Crippen LogP contribution is -2.34. The van der Waals surface area contributed by atoms with Crippen LogP contribution in [0.3, 0.4) is 0 Å². The van der Waals surface area contributed by atoms with Crippen LogP contribution in [0.25, 0.3) is 0 Å². The Bertz CT molecular complexity index is 356. The number of fused-ring (bicyclic) bond motifs is 1. The van der Waals surface area contributed by atoms with Crippen molar-refractivity contribution in [1.29, 1.82) is 0 Å². The van der Waals surface area contributed by atoms with Gasteiger partial charge in [0.05, 0.1) is 24.7 Å². The summed E-state index contributed by atoms with van der Waals surface area (Å²) in [4.78, 5) is 1.14. The second-order valence-corrected chi connectivity index (χ2v) is 4.89. The van der Waals surface area contributed by atoms with E-state index in [0.29, 0.717) is 0 Å². The van der Waals surface area contributed by atoms with Crippen molar-refractivity contribution in [1.82, 2.24) is 0 Å². The van der Waals surface area contributed by atoms with Crippen molar-refractivity contribution < 1.29 is 9.84 Å². The summed E-state index contributed by atoms with van der Waals surface area (Å²) in [6.07, 6.45) is 0. The summed E-state index contributed by atoms with van der Waals surface area (Å²) in [5, 5.41) is 12.8. The third-order valence-electron chi connectivity index (χ3n) is 2.60. The lowest BCUT2D eigenvalue weighted by atomic mass is 10.2. The van der Waals surface area contributed by atoms with Crippen molar-refractivity contribution in [2.75, 3.05) is 19.0 Å². The molecule has 2 atom stereocenters. The van der Waals surface area contributed by atoms with Gasteiger partial charge in [0, 0.05) is 10.9 Å². The van der Waals surface area contributed by atoms with E-state index in [-0.39, 0.29) is 17.9 Å². The van der Waals surface area contributed by atoms with Gasteiger partial charge >= 0.3 is 0 Å². The zero-order chi connectivity index (χ0) is 10.8. The summed E-state index contributed by atoms with van der Waals surface area (Å²) in [6.45, 7) is 2.26. The van der Waals surface area contributed by atoms with Crippen LogP contribution >= 0.6 is 11.8 Å². The van der Waals surface area contributed by atoms with Crippen LogP contribution in [0, 0.1) is 0 Å². The van der Waals surface area contributed by atoms with E-state index in [4.69, 9.17) is 4.74 Å². The fourth-order valence-electron chi connectivity index (χ4n) is 1.70. The molecule has 1 aromatic rings. The normalized spacial score (nSPS) is 24.2. The fraction of sp³-hybridized carbons (Fsp3) is 0.455. The molecule has 0 aliphatic carbocycles. The molecule has 2 rings (SSSR count). The van der Waals surface area contributed by atoms with Crippen molar-refractivity contribution in [3.05, 3.63) is 18.2 Å². The predicted molar refractivity (Wildman–Crippen MR) is 62.8 cm³/mol. The van der Waals surface area contributed by atoms with Gasteiger partial charge in [0.1, 0.15) is 5.75 Å². The first-order valence-corrected chi connectivity index (χ1v) is 5.85. The molecule has 2 N–H and O–H groups in total. The molecular formula is C11H15NO2S. The van der Waals surface area contributed by atoms with Gasteiger partial charge in [-0.1, -0.05) is 6.07 Å². The third-order valence-corrected chi connectivity index (χ3v) is 4.05. The standard InChI is InChI=1S/C11H15NO2S/c1-7-10(6-13)15-9-5-3-4-8(14-2)11(9)12-7/h3-5,7,10,12-13H,6H2,1-2H3. The average Bonchev–Trinajstić information content (AvgIpc) is 2.27. The molecule has 0 radical (unpaired) electrons. The van der Waals surface area contributed by atoms with E-state index in [1.165, 1.54) is 0 Å². The van der Waals surface area contributed by atoms with E-state index in [1.54, 1.807) is 18.9 Å². The van der Waals surface area contributed by atoms with Gasteiger partial charge in [0.15, 0.2) is 0 Å². The van der Waals surface area contributed by atoms with Crippen molar-refractivity contribution in [3.8, 4) is 5.75 Å². The summed E-state index contributed by atoms with van der Waals surface area (Å²) in [6, 6.07) is 6.21. The quantitative estimate of drug-likeness (QED) is 0.807. The molecule has 15 heavy (non-hydrogen) atoms. The number of anilines is 1. The topological polar surface area (TPSA) is 41.5 Å². The molecule has 4 heteroatoms. The Morgan fingerprint density at radius 2 is 2.33 bits per heavy atom. The molecule has 0 saturated heterocycles. The Kier molecular flexibility index (Phi) is 3.07. The number of aliphatic hydroxyl groups excluding tert-OH is 1. The van der Waals surface area contributed by atoms with Gasteiger partial charge in [-0.2, -0.15) is 0 Å². The first kappa shape index (κ1) is 10.6. The maximum atomic E-state index is 9.22. The van der Waals surface area contributed by atoms with Crippen LogP contribution in [-0.2, 0) is 0 Å². The third kappa shape index (κ3) is 1.92. The van der Waals surface area contributed by atoms with Gasteiger partial charge in [0.25, 0.3) is 0 Å². The molecule has 0 saturated carbocycles. The Morgan fingerprint density at radius 3 is 3.00 bits per heavy atom. The Morgan fingerprint density at radius 1 is 1.53 bits per heavy atom. The number of para-hydroxylation sites is 1. The summed E-state index contributed by atoms with van der Waals surface area (Å²) < 4.78 is 5.29.